The number of benzene rings is 1. The van der Waals surface area contributed by atoms with Crippen LogP contribution in [0.15, 0.2) is 24.4 Å². The van der Waals surface area contributed by atoms with Gasteiger partial charge in [0.2, 0.25) is 5.82 Å². The molecule has 108 valence electrons. The van der Waals surface area contributed by atoms with Gasteiger partial charge in [0.1, 0.15) is 5.15 Å². The van der Waals surface area contributed by atoms with Crippen molar-refractivity contribution < 1.29 is 0 Å². The quantitative estimate of drug-likeness (QED) is 0.730. The minimum absolute atomic E-state index is 0.356. The Morgan fingerprint density at radius 2 is 2.00 bits per heavy atom. The highest BCUT2D eigenvalue weighted by molar-refractivity contribution is 6.36. The predicted octanol–water partition coefficient (Wildman–Crippen LogP) is 3.51. The van der Waals surface area contributed by atoms with Crippen LogP contribution in [0.3, 0.4) is 0 Å². The summed E-state index contributed by atoms with van der Waals surface area (Å²) in [5.74, 6) is 0.415. The maximum Gasteiger partial charge on any atom is 0.209 e. The smallest absolute Gasteiger partial charge is 0.209 e. The lowest BCUT2D eigenvalue weighted by Crippen LogP contribution is -1.98. The SMILES string of the molecule is CCn1nnc(-c2cnn(-c3ccc(Cl)cc3Cl)c2Cl)n1. The maximum absolute atomic E-state index is 6.35. The summed E-state index contributed by atoms with van der Waals surface area (Å²) in [6, 6.07) is 5.08. The van der Waals surface area contributed by atoms with Crippen molar-refractivity contribution in [1.82, 2.24) is 30.0 Å². The van der Waals surface area contributed by atoms with E-state index >= 15 is 0 Å². The monoisotopic (exact) mass is 342 g/mol. The fourth-order valence-corrected chi connectivity index (χ4v) is 2.55. The first kappa shape index (κ1) is 14.3. The number of hydrogen-bond donors (Lipinski definition) is 0. The molecule has 0 bridgehead atoms. The van der Waals surface area contributed by atoms with Crippen molar-refractivity contribution in [2.24, 2.45) is 0 Å². The van der Waals surface area contributed by atoms with Crippen molar-refractivity contribution in [3.8, 4) is 17.1 Å². The third-order valence-electron chi connectivity index (χ3n) is 2.83. The Morgan fingerprint density at radius 1 is 1.19 bits per heavy atom. The number of rotatable bonds is 3. The molecule has 21 heavy (non-hydrogen) atoms. The first-order valence-electron chi connectivity index (χ1n) is 6.07. The number of aryl methyl sites for hydroxylation is 1. The number of aromatic nitrogens is 6. The topological polar surface area (TPSA) is 61.4 Å². The fraction of sp³-hybridized carbons (Fsp3) is 0.167. The molecule has 0 aliphatic heterocycles. The minimum atomic E-state index is 0.356. The Kier molecular flexibility index (Phi) is 3.84. The summed E-state index contributed by atoms with van der Waals surface area (Å²) in [5, 5.41) is 17.6. The molecular weight excluding hydrogens is 335 g/mol. The average Bonchev–Trinajstić information content (AvgIpc) is 3.06. The lowest BCUT2D eigenvalue weighted by atomic mass is 10.3. The van der Waals surface area contributed by atoms with Gasteiger partial charge in [0.05, 0.1) is 29.0 Å². The van der Waals surface area contributed by atoms with Gasteiger partial charge in [-0.3, -0.25) is 0 Å². The van der Waals surface area contributed by atoms with E-state index in [1.54, 1.807) is 24.4 Å². The minimum Gasteiger partial charge on any atom is -0.220 e. The third-order valence-corrected chi connectivity index (χ3v) is 3.73. The van der Waals surface area contributed by atoms with Crippen molar-refractivity contribution >= 4 is 34.8 Å². The Labute approximate surface area is 135 Å². The van der Waals surface area contributed by atoms with Crippen molar-refractivity contribution in [3.63, 3.8) is 0 Å². The number of halogens is 3. The number of tetrazole rings is 1. The molecule has 0 radical (unpaired) electrons. The molecule has 3 rings (SSSR count). The van der Waals surface area contributed by atoms with Crippen LogP contribution in [0.1, 0.15) is 6.92 Å². The molecule has 0 fully saturated rings. The van der Waals surface area contributed by atoms with Crippen LogP contribution in [-0.4, -0.2) is 30.0 Å². The highest BCUT2D eigenvalue weighted by Gasteiger charge is 2.17. The molecular formula is C12H9Cl3N6. The van der Waals surface area contributed by atoms with Crippen LogP contribution in [0.5, 0.6) is 0 Å². The standard InChI is InChI=1S/C12H9Cl3N6/c1-2-20-18-12(17-19-20)8-6-16-21(11(8)15)10-4-3-7(13)5-9(10)14/h3-6H,2H2,1H3. The molecule has 1 aromatic carbocycles. The van der Waals surface area contributed by atoms with Crippen molar-refractivity contribution in [1.29, 1.82) is 0 Å². The zero-order valence-corrected chi connectivity index (χ0v) is 13.1. The summed E-state index contributed by atoms with van der Waals surface area (Å²) in [7, 11) is 0. The van der Waals surface area contributed by atoms with E-state index in [-0.39, 0.29) is 0 Å². The molecule has 0 aliphatic carbocycles. The third kappa shape index (κ3) is 2.62. The van der Waals surface area contributed by atoms with Gasteiger partial charge in [-0.2, -0.15) is 9.90 Å². The van der Waals surface area contributed by atoms with E-state index in [9.17, 15) is 0 Å². The lowest BCUT2D eigenvalue weighted by molar-refractivity contribution is 0.553. The van der Waals surface area contributed by atoms with E-state index in [0.717, 1.165) is 0 Å². The van der Waals surface area contributed by atoms with Crippen LogP contribution in [0.2, 0.25) is 15.2 Å². The molecule has 2 aromatic heterocycles. The Balaban J connectivity index is 2.06. The molecule has 0 N–H and O–H groups in total. The van der Waals surface area contributed by atoms with Gasteiger partial charge in [-0.1, -0.05) is 34.8 Å². The molecule has 6 nitrogen and oxygen atoms in total. The predicted molar refractivity (Wildman–Crippen MR) is 81.1 cm³/mol. The largest absolute Gasteiger partial charge is 0.220 e. The number of nitrogens with zero attached hydrogens (tertiary/aromatic N) is 6. The van der Waals surface area contributed by atoms with Crippen LogP contribution in [0.4, 0.5) is 0 Å². The van der Waals surface area contributed by atoms with Crippen LogP contribution >= 0.6 is 34.8 Å². The summed E-state index contributed by atoms with van der Waals surface area (Å²) < 4.78 is 1.50. The maximum atomic E-state index is 6.35. The van der Waals surface area contributed by atoms with E-state index in [0.29, 0.717) is 38.8 Å². The summed E-state index contributed by atoms with van der Waals surface area (Å²) in [5.41, 5.74) is 1.21. The van der Waals surface area contributed by atoms with E-state index in [1.165, 1.54) is 9.48 Å². The van der Waals surface area contributed by atoms with Gasteiger partial charge in [0.25, 0.3) is 0 Å². The van der Waals surface area contributed by atoms with Crippen LogP contribution in [-0.2, 0) is 6.54 Å². The molecule has 0 amide bonds. The zero-order valence-electron chi connectivity index (χ0n) is 10.8. The Bertz CT molecular complexity index is 794. The van der Waals surface area contributed by atoms with E-state index < -0.39 is 0 Å². The van der Waals surface area contributed by atoms with E-state index in [2.05, 4.69) is 20.5 Å². The molecule has 9 heteroatoms. The average molecular weight is 344 g/mol. The first-order chi connectivity index (χ1) is 10.1. The van der Waals surface area contributed by atoms with E-state index in [1.807, 2.05) is 6.92 Å². The molecule has 0 spiro atoms. The summed E-state index contributed by atoms with van der Waals surface area (Å²) in [6.45, 7) is 2.55. The Hall–Kier alpha value is -1.63. The van der Waals surface area contributed by atoms with E-state index in [4.69, 9.17) is 34.8 Å². The van der Waals surface area contributed by atoms with Crippen molar-refractivity contribution in [3.05, 3.63) is 39.6 Å². The van der Waals surface area contributed by atoms with Gasteiger partial charge >= 0.3 is 0 Å². The highest BCUT2D eigenvalue weighted by atomic mass is 35.5. The fourth-order valence-electron chi connectivity index (χ4n) is 1.79. The lowest BCUT2D eigenvalue weighted by Gasteiger charge is -2.06. The molecule has 3 aromatic rings. The van der Waals surface area contributed by atoms with Gasteiger partial charge in [-0.15, -0.1) is 10.2 Å². The van der Waals surface area contributed by atoms with Gasteiger partial charge in [-0.05, 0) is 30.3 Å². The second-order valence-corrected chi connectivity index (χ2v) is 5.36. The van der Waals surface area contributed by atoms with Gasteiger partial charge in [-0.25, -0.2) is 4.68 Å². The zero-order chi connectivity index (χ0) is 15.0. The first-order valence-corrected chi connectivity index (χ1v) is 7.20. The molecule has 0 atom stereocenters. The van der Waals surface area contributed by atoms with Gasteiger partial charge in [0.15, 0.2) is 0 Å². The van der Waals surface area contributed by atoms with Crippen molar-refractivity contribution in [2.75, 3.05) is 0 Å². The van der Waals surface area contributed by atoms with Gasteiger partial charge in [0, 0.05) is 5.02 Å². The molecule has 0 saturated heterocycles. The van der Waals surface area contributed by atoms with Crippen molar-refractivity contribution in [2.45, 2.75) is 13.5 Å². The molecule has 2 heterocycles. The van der Waals surface area contributed by atoms with Crippen LogP contribution in [0, 0.1) is 0 Å². The molecule has 0 unspecified atom stereocenters. The highest BCUT2D eigenvalue weighted by Crippen LogP contribution is 2.31. The summed E-state index contributed by atoms with van der Waals surface area (Å²) in [6.07, 6.45) is 1.57. The normalized spacial score (nSPS) is 11.0. The van der Waals surface area contributed by atoms with Crippen LogP contribution in [0.25, 0.3) is 17.1 Å². The second kappa shape index (κ2) is 5.63. The second-order valence-electron chi connectivity index (χ2n) is 4.16. The summed E-state index contributed by atoms with van der Waals surface area (Å²) >= 11 is 18.4. The summed E-state index contributed by atoms with van der Waals surface area (Å²) in [4.78, 5) is 1.47. The van der Waals surface area contributed by atoms with Gasteiger partial charge < -0.3 is 0 Å². The number of hydrogen-bond acceptors (Lipinski definition) is 4. The molecule has 0 saturated carbocycles. The molecule has 0 aliphatic rings. The van der Waals surface area contributed by atoms with Crippen LogP contribution < -0.4 is 0 Å². The Morgan fingerprint density at radius 3 is 2.67 bits per heavy atom.